The Hall–Kier alpha value is -1.58. The molecule has 0 radical (unpaired) electrons. The van der Waals surface area contributed by atoms with Crippen molar-refractivity contribution in [1.29, 1.82) is 0 Å². The Bertz CT molecular complexity index is 584. The van der Waals surface area contributed by atoms with Crippen LogP contribution in [0.15, 0.2) is 42.5 Å². The Morgan fingerprint density at radius 3 is 2.45 bits per heavy atom. The van der Waals surface area contributed by atoms with Crippen LogP contribution in [0.4, 0.5) is 10.1 Å². The van der Waals surface area contributed by atoms with E-state index in [2.05, 4.69) is 0 Å². The first kappa shape index (κ1) is 14.8. The van der Waals surface area contributed by atoms with E-state index < -0.39 is 6.10 Å². The third-order valence-electron chi connectivity index (χ3n) is 3.19. The quantitative estimate of drug-likeness (QED) is 0.914. The Labute approximate surface area is 123 Å². The molecule has 20 heavy (non-hydrogen) atoms. The molecule has 0 amide bonds. The zero-order valence-electron chi connectivity index (χ0n) is 11.5. The van der Waals surface area contributed by atoms with Crippen LogP contribution in [0.3, 0.4) is 0 Å². The van der Waals surface area contributed by atoms with Crippen LogP contribution in [-0.4, -0.2) is 12.2 Å². The molecule has 1 unspecified atom stereocenters. The fourth-order valence-electron chi connectivity index (χ4n) is 2.22. The van der Waals surface area contributed by atoms with Crippen LogP contribution in [0.2, 0.25) is 5.02 Å². The van der Waals surface area contributed by atoms with E-state index in [4.69, 9.17) is 11.6 Å². The third kappa shape index (κ3) is 3.30. The van der Waals surface area contributed by atoms with Crippen LogP contribution in [0.1, 0.15) is 24.2 Å². The fourth-order valence-corrected chi connectivity index (χ4v) is 2.35. The Balaban J connectivity index is 2.27. The summed E-state index contributed by atoms with van der Waals surface area (Å²) >= 11 is 5.86. The van der Waals surface area contributed by atoms with Gasteiger partial charge in [0.25, 0.3) is 0 Å². The van der Waals surface area contributed by atoms with Crippen molar-refractivity contribution in [1.82, 2.24) is 0 Å². The number of aliphatic hydroxyl groups excluding tert-OH is 1. The number of hydrogen-bond donors (Lipinski definition) is 1. The number of hydrogen-bond acceptors (Lipinski definition) is 2. The predicted octanol–water partition coefficient (Wildman–Crippen LogP) is 4.17. The minimum atomic E-state index is -0.848. The molecule has 0 saturated carbocycles. The van der Waals surface area contributed by atoms with Crippen molar-refractivity contribution in [2.75, 3.05) is 11.9 Å². The summed E-state index contributed by atoms with van der Waals surface area (Å²) in [7, 11) is 1.87. The highest BCUT2D eigenvalue weighted by molar-refractivity contribution is 6.30. The van der Waals surface area contributed by atoms with E-state index in [0.717, 1.165) is 5.56 Å². The van der Waals surface area contributed by atoms with Crippen molar-refractivity contribution >= 4 is 17.3 Å². The van der Waals surface area contributed by atoms with Crippen LogP contribution in [0.25, 0.3) is 0 Å². The molecule has 2 rings (SSSR count). The largest absolute Gasteiger partial charge is 0.389 e. The molecule has 1 atom stereocenters. The van der Waals surface area contributed by atoms with E-state index >= 15 is 0 Å². The van der Waals surface area contributed by atoms with Gasteiger partial charge in [0, 0.05) is 29.9 Å². The van der Waals surface area contributed by atoms with Crippen LogP contribution >= 0.6 is 11.6 Å². The van der Waals surface area contributed by atoms with Crippen LogP contribution in [0.5, 0.6) is 0 Å². The lowest BCUT2D eigenvalue weighted by Crippen LogP contribution is -2.19. The van der Waals surface area contributed by atoms with Gasteiger partial charge in [-0.15, -0.1) is 0 Å². The maximum absolute atomic E-state index is 13.8. The third-order valence-corrected chi connectivity index (χ3v) is 3.44. The molecular weight excluding hydrogens is 277 g/mol. The van der Waals surface area contributed by atoms with Gasteiger partial charge in [0.1, 0.15) is 5.82 Å². The highest BCUT2D eigenvalue weighted by Crippen LogP contribution is 2.29. The molecule has 0 aliphatic carbocycles. The van der Waals surface area contributed by atoms with E-state index in [1.165, 1.54) is 6.07 Å². The summed E-state index contributed by atoms with van der Waals surface area (Å²) in [6, 6.07) is 12.3. The normalized spacial score (nSPS) is 12.2. The molecule has 0 aliphatic rings. The molecule has 4 heteroatoms. The summed E-state index contributed by atoms with van der Waals surface area (Å²) in [6.45, 7) is 2.18. The maximum atomic E-state index is 13.8. The van der Waals surface area contributed by atoms with E-state index in [1.54, 1.807) is 19.1 Å². The van der Waals surface area contributed by atoms with Crippen LogP contribution in [-0.2, 0) is 6.54 Å². The molecule has 0 fully saturated rings. The SMILES string of the molecule is CC(O)c1c(F)cccc1N(C)Cc1ccc(Cl)cc1. The van der Waals surface area contributed by atoms with Gasteiger partial charge >= 0.3 is 0 Å². The van der Waals surface area contributed by atoms with Gasteiger partial charge in [-0.3, -0.25) is 0 Å². The fraction of sp³-hybridized carbons (Fsp3) is 0.250. The second-order valence-electron chi connectivity index (χ2n) is 4.83. The van der Waals surface area contributed by atoms with Gasteiger partial charge in [-0.2, -0.15) is 0 Å². The summed E-state index contributed by atoms with van der Waals surface area (Å²) in [4.78, 5) is 1.91. The minimum absolute atomic E-state index is 0.323. The Kier molecular flexibility index (Phi) is 4.63. The van der Waals surface area contributed by atoms with Crippen molar-refractivity contribution in [2.45, 2.75) is 19.6 Å². The van der Waals surface area contributed by atoms with E-state index in [1.807, 2.05) is 36.2 Å². The lowest BCUT2D eigenvalue weighted by molar-refractivity contribution is 0.194. The molecule has 0 bridgehead atoms. The number of halogens is 2. The summed E-state index contributed by atoms with van der Waals surface area (Å²) in [6.07, 6.45) is -0.848. The monoisotopic (exact) mass is 293 g/mol. The first-order chi connectivity index (χ1) is 9.49. The topological polar surface area (TPSA) is 23.5 Å². The smallest absolute Gasteiger partial charge is 0.131 e. The number of rotatable bonds is 4. The van der Waals surface area contributed by atoms with Gasteiger partial charge in [0.15, 0.2) is 0 Å². The predicted molar refractivity (Wildman–Crippen MR) is 80.6 cm³/mol. The summed E-state index contributed by atoms with van der Waals surface area (Å²) in [5.74, 6) is -0.388. The van der Waals surface area contributed by atoms with Crippen molar-refractivity contribution in [3.05, 3.63) is 64.4 Å². The lowest BCUT2D eigenvalue weighted by atomic mass is 10.1. The lowest BCUT2D eigenvalue weighted by Gasteiger charge is -2.24. The number of anilines is 1. The van der Waals surface area contributed by atoms with Gasteiger partial charge in [-0.05, 0) is 36.8 Å². The molecule has 2 nitrogen and oxygen atoms in total. The Morgan fingerprint density at radius 2 is 1.85 bits per heavy atom. The van der Waals surface area contributed by atoms with Crippen molar-refractivity contribution < 1.29 is 9.50 Å². The van der Waals surface area contributed by atoms with Gasteiger partial charge in [-0.25, -0.2) is 4.39 Å². The molecule has 2 aromatic carbocycles. The minimum Gasteiger partial charge on any atom is -0.389 e. The average molecular weight is 294 g/mol. The average Bonchev–Trinajstić information content (AvgIpc) is 2.40. The molecule has 0 saturated heterocycles. The van der Waals surface area contributed by atoms with Gasteiger partial charge in [-0.1, -0.05) is 29.8 Å². The summed E-state index contributed by atoms with van der Waals surface area (Å²) in [5, 5.41) is 10.4. The molecule has 106 valence electrons. The second-order valence-corrected chi connectivity index (χ2v) is 5.27. The first-order valence-electron chi connectivity index (χ1n) is 6.41. The van der Waals surface area contributed by atoms with Gasteiger partial charge < -0.3 is 10.0 Å². The molecule has 0 aliphatic heterocycles. The highest BCUT2D eigenvalue weighted by atomic mass is 35.5. The summed E-state index contributed by atoms with van der Waals surface area (Å²) < 4.78 is 13.8. The molecule has 0 heterocycles. The molecule has 1 N–H and O–H groups in total. The van der Waals surface area contributed by atoms with Gasteiger partial charge in [0.2, 0.25) is 0 Å². The number of aliphatic hydroxyl groups is 1. The number of benzene rings is 2. The van der Waals surface area contributed by atoms with Crippen molar-refractivity contribution in [3.63, 3.8) is 0 Å². The highest BCUT2D eigenvalue weighted by Gasteiger charge is 2.16. The molecule has 2 aromatic rings. The van der Waals surface area contributed by atoms with E-state index in [9.17, 15) is 9.50 Å². The first-order valence-corrected chi connectivity index (χ1v) is 6.79. The van der Waals surface area contributed by atoms with E-state index in [0.29, 0.717) is 22.8 Å². The van der Waals surface area contributed by atoms with Crippen molar-refractivity contribution in [2.24, 2.45) is 0 Å². The Morgan fingerprint density at radius 1 is 1.20 bits per heavy atom. The van der Waals surface area contributed by atoms with Gasteiger partial charge in [0.05, 0.1) is 6.10 Å². The summed E-state index contributed by atoms with van der Waals surface area (Å²) in [5.41, 5.74) is 2.08. The number of nitrogens with zero attached hydrogens (tertiary/aromatic N) is 1. The molecular formula is C16H17ClFNO. The van der Waals surface area contributed by atoms with Crippen molar-refractivity contribution in [3.8, 4) is 0 Å². The zero-order chi connectivity index (χ0) is 14.7. The molecule has 0 spiro atoms. The zero-order valence-corrected chi connectivity index (χ0v) is 12.2. The molecule has 0 aromatic heterocycles. The van der Waals surface area contributed by atoms with E-state index in [-0.39, 0.29) is 5.82 Å². The van der Waals surface area contributed by atoms with Crippen LogP contribution in [0, 0.1) is 5.82 Å². The van der Waals surface area contributed by atoms with Crippen LogP contribution < -0.4 is 4.90 Å². The second kappa shape index (κ2) is 6.25. The maximum Gasteiger partial charge on any atom is 0.131 e. The standard InChI is InChI=1S/C16H17ClFNO/c1-11(20)16-14(18)4-3-5-15(16)19(2)10-12-6-8-13(17)9-7-12/h3-9,11,20H,10H2,1-2H3.